The van der Waals surface area contributed by atoms with Gasteiger partial charge in [-0.25, -0.2) is 4.98 Å². The second-order valence-corrected chi connectivity index (χ2v) is 7.39. The number of ether oxygens (including phenoxy) is 2. The van der Waals surface area contributed by atoms with Crippen molar-refractivity contribution in [2.45, 2.75) is 31.0 Å². The Morgan fingerprint density at radius 3 is 2.85 bits per heavy atom. The molecule has 2 aromatic carbocycles. The lowest BCUT2D eigenvalue weighted by atomic mass is 10.2. The van der Waals surface area contributed by atoms with E-state index < -0.39 is 0 Å². The van der Waals surface area contributed by atoms with Crippen LogP contribution < -0.4 is 10.3 Å². The van der Waals surface area contributed by atoms with Crippen LogP contribution in [0.25, 0.3) is 16.6 Å². The highest BCUT2D eigenvalue weighted by Crippen LogP contribution is 2.29. The molecular formula is C21H22N2O3S. The van der Waals surface area contributed by atoms with Crippen molar-refractivity contribution in [3.63, 3.8) is 0 Å². The summed E-state index contributed by atoms with van der Waals surface area (Å²) in [6.45, 7) is 3.28. The third kappa shape index (κ3) is 3.73. The summed E-state index contributed by atoms with van der Waals surface area (Å²) in [5, 5.41) is 1.27. The van der Waals surface area contributed by atoms with E-state index in [2.05, 4.69) is 0 Å². The predicted molar refractivity (Wildman–Crippen MR) is 108 cm³/mol. The molecule has 0 radical (unpaired) electrons. The molecule has 0 bridgehead atoms. The summed E-state index contributed by atoms with van der Waals surface area (Å²) >= 11 is 1.57. The highest BCUT2D eigenvalue weighted by molar-refractivity contribution is 7.99. The molecule has 5 nitrogen and oxygen atoms in total. The minimum atomic E-state index is -0.0809. The van der Waals surface area contributed by atoms with Gasteiger partial charge in [-0.15, -0.1) is 0 Å². The maximum absolute atomic E-state index is 13.3. The molecule has 140 valence electrons. The first kappa shape index (κ1) is 18.1. The first-order chi connectivity index (χ1) is 13.3. The van der Waals surface area contributed by atoms with Crippen LogP contribution in [-0.4, -0.2) is 34.6 Å². The molecule has 1 aliphatic rings. The number of hydrogen-bond acceptors (Lipinski definition) is 5. The fraction of sp³-hybridized carbons (Fsp3) is 0.333. The number of hydrogen-bond donors (Lipinski definition) is 0. The van der Waals surface area contributed by atoms with Crippen molar-refractivity contribution in [1.82, 2.24) is 9.55 Å². The van der Waals surface area contributed by atoms with Crippen molar-refractivity contribution in [1.29, 1.82) is 0 Å². The van der Waals surface area contributed by atoms with Crippen LogP contribution in [0.4, 0.5) is 0 Å². The van der Waals surface area contributed by atoms with E-state index >= 15 is 0 Å². The Labute approximate surface area is 162 Å². The van der Waals surface area contributed by atoms with Crippen LogP contribution >= 0.6 is 11.8 Å². The quantitative estimate of drug-likeness (QED) is 0.475. The molecule has 0 aliphatic carbocycles. The molecule has 0 saturated carbocycles. The Morgan fingerprint density at radius 1 is 1.22 bits per heavy atom. The Kier molecular flexibility index (Phi) is 5.45. The minimum absolute atomic E-state index is 0.0809. The topological polar surface area (TPSA) is 53.4 Å². The number of benzene rings is 2. The second-order valence-electron chi connectivity index (χ2n) is 6.40. The molecule has 2 heterocycles. The van der Waals surface area contributed by atoms with Crippen molar-refractivity contribution in [3.8, 4) is 11.4 Å². The zero-order valence-electron chi connectivity index (χ0n) is 15.3. The molecule has 1 aromatic heterocycles. The molecule has 0 N–H and O–H groups in total. The summed E-state index contributed by atoms with van der Waals surface area (Å²) in [5.74, 6) is 1.46. The van der Waals surface area contributed by atoms with Gasteiger partial charge in [-0.05, 0) is 44.0 Å². The predicted octanol–water partition coefficient (Wildman–Crippen LogP) is 4.06. The molecule has 4 rings (SSSR count). The van der Waals surface area contributed by atoms with E-state index in [0.29, 0.717) is 28.4 Å². The van der Waals surface area contributed by atoms with Crippen LogP contribution in [0.2, 0.25) is 0 Å². The van der Waals surface area contributed by atoms with E-state index in [1.54, 1.807) is 16.3 Å². The fourth-order valence-corrected chi connectivity index (χ4v) is 4.36. The highest BCUT2D eigenvalue weighted by Gasteiger charge is 2.20. The first-order valence-electron chi connectivity index (χ1n) is 9.26. The summed E-state index contributed by atoms with van der Waals surface area (Å²) in [7, 11) is 0. The summed E-state index contributed by atoms with van der Waals surface area (Å²) in [5.41, 5.74) is 1.35. The van der Waals surface area contributed by atoms with Gasteiger partial charge in [0.25, 0.3) is 5.56 Å². The average Bonchev–Trinajstić information content (AvgIpc) is 3.21. The molecule has 1 atom stereocenters. The summed E-state index contributed by atoms with van der Waals surface area (Å²) < 4.78 is 13.2. The number of thioether (sulfide) groups is 1. The van der Waals surface area contributed by atoms with Gasteiger partial charge in [0.2, 0.25) is 0 Å². The Morgan fingerprint density at radius 2 is 2.04 bits per heavy atom. The molecule has 1 aliphatic heterocycles. The monoisotopic (exact) mass is 382 g/mol. The van der Waals surface area contributed by atoms with Crippen molar-refractivity contribution in [2.24, 2.45) is 0 Å². The molecule has 1 saturated heterocycles. The third-order valence-corrected chi connectivity index (χ3v) is 5.64. The van der Waals surface area contributed by atoms with Gasteiger partial charge in [-0.1, -0.05) is 36.0 Å². The summed E-state index contributed by atoms with van der Waals surface area (Å²) in [6, 6.07) is 15.1. The molecular weight excluding hydrogens is 360 g/mol. The van der Waals surface area contributed by atoms with E-state index in [1.807, 2.05) is 55.5 Å². The normalized spacial score (nSPS) is 16.7. The molecule has 3 aromatic rings. The summed E-state index contributed by atoms with van der Waals surface area (Å²) in [6.07, 6.45) is 2.37. The van der Waals surface area contributed by atoms with E-state index in [4.69, 9.17) is 14.5 Å². The van der Waals surface area contributed by atoms with Crippen LogP contribution in [0.1, 0.15) is 19.8 Å². The van der Waals surface area contributed by atoms with Gasteiger partial charge >= 0.3 is 0 Å². The van der Waals surface area contributed by atoms with Gasteiger partial charge in [-0.3, -0.25) is 9.36 Å². The van der Waals surface area contributed by atoms with Gasteiger partial charge in [0.15, 0.2) is 5.16 Å². The lowest BCUT2D eigenvalue weighted by molar-refractivity contribution is 0.129. The highest BCUT2D eigenvalue weighted by atomic mass is 32.2. The number of aromatic nitrogens is 2. The fourth-order valence-electron chi connectivity index (χ4n) is 3.28. The minimum Gasteiger partial charge on any atom is -0.492 e. The number of para-hydroxylation sites is 3. The summed E-state index contributed by atoms with van der Waals surface area (Å²) in [4.78, 5) is 18.1. The molecule has 6 heteroatoms. The van der Waals surface area contributed by atoms with Crippen LogP contribution in [0.5, 0.6) is 5.75 Å². The van der Waals surface area contributed by atoms with Gasteiger partial charge in [-0.2, -0.15) is 0 Å². The van der Waals surface area contributed by atoms with Crippen molar-refractivity contribution < 1.29 is 9.47 Å². The zero-order valence-corrected chi connectivity index (χ0v) is 16.1. The van der Waals surface area contributed by atoms with E-state index in [1.165, 1.54) is 0 Å². The van der Waals surface area contributed by atoms with Crippen molar-refractivity contribution >= 4 is 22.7 Å². The Balaban J connectivity index is 1.85. The van der Waals surface area contributed by atoms with Crippen molar-refractivity contribution in [2.75, 3.05) is 19.0 Å². The Hall–Kier alpha value is -2.31. The zero-order chi connectivity index (χ0) is 18.6. The van der Waals surface area contributed by atoms with Crippen LogP contribution in [0, 0.1) is 0 Å². The van der Waals surface area contributed by atoms with E-state index in [0.717, 1.165) is 30.9 Å². The first-order valence-corrected chi connectivity index (χ1v) is 10.2. The lowest BCUT2D eigenvalue weighted by Crippen LogP contribution is -2.23. The second kappa shape index (κ2) is 8.15. The molecule has 1 fully saturated rings. The molecule has 27 heavy (non-hydrogen) atoms. The number of rotatable bonds is 6. The lowest BCUT2D eigenvalue weighted by Gasteiger charge is -2.17. The molecule has 0 amide bonds. The maximum Gasteiger partial charge on any atom is 0.266 e. The van der Waals surface area contributed by atoms with E-state index in [9.17, 15) is 4.79 Å². The van der Waals surface area contributed by atoms with Gasteiger partial charge < -0.3 is 9.47 Å². The van der Waals surface area contributed by atoms with Crippen LogP contribution in [0.15, 0.2) is 58.5 Å². The van der Waals surface area contributed by atoms with Crippen LogP contribution in [0.3, 0.4) is 0 Å². The Bertz CT molecular complexity index is 996. The van der Waals surface area contributed by atoms with E-state index in [-0.39, 0.29) is 11.7 Å². The molecule has 0 unspecified atom stereocenters. The standard InChI is InChI=1S/C21H22N2O3S/c1-2-25-19-12-6-5-11-18(19)23-20(24)16-9-3-4-10-17(16)22-21(23)27-14-15-8-7-13-26-15/h3-6,9-12,15H,2,7-8,13-14H2,1H3/t15-/m1/s1. The third-order valence-electron chi connectivity index (χ3n) is 4.57. The largest absolute Gasteiger partial charge is 0.492 e. The average molecular weight is 382 g/mol. The molecule has 0 spiro atoms. The van der Waals surface area contributed by atoms with Crippen molar-refractivity contribution in [3.05, 3.63) is 58.9 Å². The van der Waals surface area contributed by atoms with Gasteiger partial charge in [0.1, 0.15) is 5.75 Å². The van der Waals surface area contributed by atoms with Crippen LogP contribution in [-0.2, 0) is 4.74 Å². The van der Waals surface area contributed by atoms with Gasteiger partial charge in [0.05, 0.1) is 29.3 Å². The smallest absolute Gasteiger partial charge is 0.266 e. The SMILES string of the molecule is CCOc1ccccc1-n1c(SC[C@H]2CCCO2)nc2ccccc2c1=O. The maximum atomic E-state index is 13.3. The number of fused-ring (bicyclic) bond motifs is 1. The number of nitrogens with zero attached hydrogens (tertiary/aromatic N) is 2. The van der Waals surface area contributed by atoms with Gasteiger partial charge in [0, 0.05) is 12.4 Å².